The summed E-state index contributed by atoms with van der Waals surface area (Å²) in [6.45, 7) is 6.68. The molecule has 2 N–H and O–H groups in total. The third-order valence-corrected chi connectivity index (χ3v) is 6.68. The van der Waals surface area contributed by atoms with Crippen LogP contribution in [0.4, 0.5) is 11.4 Å². The molecule has 1 fully saturated rings. The summed E-state index contributed by atoms with van der Waals surface area (Å²) in [5.74, 6) is -0.217. The van der Waals surface area contributed by atoms with Gasteiger partial charge >= 0.3 is 0 Å². The maximum Gasteiger partial charge on any atom is 0.221 e. The van der Waals surface area contributed by atoms with Crippen LogP contribution in [-0.4, -0.2) is 59.4 Å². The molecule has 6 nitrogen and oxygen atoms in total. The van der Waals surface area contributed by atoms with Crippen molar-refractivity contribution in [2.75, 3.05) is 49.2 Å². The summed E-state index contributed by atoms with van der Waals surface area (Å²) in [5.41, 5.74) is 2.55. The second-order valence-corrected chi connectivity index (χ2v) is 9.41. The number of unbranched alkanes of at least 4 members (excludes halogenated alkanes) is 1. The number of aliphatic hydroxyl groups excluding tert-OH is 1. The largest absolute Gasteiger partial charge is 0.612 e. The highest BCUT2D eigenvalue weighted by Crippen LogP contribution is 2.28. The average molecular weight is 444 g/mol. The number of amides is 1. The Morgan fingerprint density at radius 2 is 1.84 bits per heavy atom. The highest BCUT2D eigenvalue weighted by molar-refractivity contribution is 7.90. The Bertz CT molecular complexity index is 839. The normalized spacial score (nSPS) is 16.7. The van der Waals surface area contributed by atoms with E-state index in [1.165, 1.54) is 12.6 Å². The van der Waals surface area contributed by atoms with E-state index in [9.17, 15) is 14.5 Å². The van der Waals surface area contributed by atoms with E-state index in [1.807, 2.05) is 6.07 Å². The molecule has 1 aliphatic heterocycles. The van der Waals surface area contributed by atoms with Gasteiger partial charge in [0, 0.05) is 38.8 Å². The molecular formula is C24H33N3O3S. The minimum atomic E-state index is -1.21. The van der Waals surface area contributed by atoms with Crippen molar-refractivity contribution in [3.05, 3.63) is 54.1 Å². The summed E-state index contributed by atoms with van der Waals surface area (Å²) in [6.07, 6.45) is 3.62. The second-order valence-electron chi connectivity index (χ2n) is 8.07. The zero-order valence-electron chi connectivity index (χ0n) is 18.4. The molecule has 0 spiro atoms. The number of nitrogens with zero attached hydrogens (tertiary/aromatic N) is 2. The van der Waals surface area contributed by atoms with Gasteiger partial charge in [-0.1, -0.05) is 24.3 Å². The number of benzene rings is 2. The van der Waals surface area contributed by atoms with Gasteiger partial charge in [0.1, 0.15) is 6.26 Å². The van der Waals surface area contributed by atoms with Crippen molar-refractivity contribution in [1.29, 1.82) is 0 Å². The molecule has 0 saturated carbocycles. The van der Waals surface area contributed by atoms with Gasteiger partial charge in [-0.05, 0) is 66.8 Å². The molecule has 1 aliphatic rings. The Morgan fingerprint density at radius 1 is 1.13 bits per heavy atom. The van der Waals surface area contributed by atoms with E-state index >= 15 is 0 Å². The lowest BCUT2D eigenvalue weighted by atomic mass is 10.0. The number of hydrogen-bond acceptors (Lipinski definition) is 5. The van der Waals surface area contributed by atoms with Gasteiger partial charge in [-0.3, -0.25) is 9.69 Å². The molecule has 0 radical (unpaired) electrons. The molecule has 1 amide bonds. The van der Waals surface area contributed by atoms with E-state index in [1.54, 1.807) is 24.5 Å². The van der Waals surface area contributed by atoms with E-state index in [-0.39, 0.29) is 5.91 Å². The highest BCUT2D eigenvalue weighted by Gasteiger charge is 2.18. The van der Waals surface area contributed by atoms with Crippen molar-refractivity contribution in [2.45, 2.75) is 37.2 Å². The monoisotopic (exact) mass is 443 g/mol. The van der Waals surface area contributed by atoms with Gasteiger partial charge in [-0.15, -0.1) is 0 Å². The summed E-state index contributed by atoms with van der Waals surface area (Å²) >= 11 is -1.21. The standard InChI is InChI=1S/C24H33N3O3S/c1-19(28)25-22-18-20(11-12-24(22)31(2)30)23(29)10-6-7-13-26-14-16-27(17-15-26)21-8-4-3-5-9-21/h3-5,8-9,11-12,18,23,29H,6-7,10,13-17H2,1-2H3,(H,25,28). The number of aliphatic hydroxyl groups is 1. The topological polar surface area (TPSA) is 78.9 Å². The van der Waals surface area contributed by atoms with Crippen LogP contribution in [0.25, 0.3) is 0 Å². The number of hydrogen-bond donors (Lipinski definition) is 2. The number of rotatable bonds is 9. The molecule has 0 bridgehead atoms. The summed E-state index contributed by atoms with van der Waals surface area (Å²) < 4.78 is 11.9. The fourth-order valence-corrected chi connectivity index (χ4v) is 4.68. The number of piperazine rings is 1. The van der Waals surface area contributed by atoms with Gasteiger partial charge in [0.15, 0.2) is 4.90 Å². The lowest BCUT2D eigenvalue weighted by Crippen LogP contribution is -2.46. The molecule has 31 heavy (non-hydrogen) atoms. The van der Waals surface area contributed by atoms with Crippen molar-refractivity contribution in [3.8, 4) is 0 Å². The van der Waals surface area contributed by atoms with E-state index in [0.29, 0.717) is 17.0 Å². The van der Waals surface area contributed by atoms with E-state index in [2.05, 4.69) is 39.4 Å². The first-order valence-corrected chi connectivity index (χ1v) is 12.4. The summed E-state index contributed by atoms with van der Waals surface area (Å²) in [7, 11) is 0. The van der Waals surface area contributed by atoms with Crippen LogP contribution in [0, 0.1) is 0 Å². The Hall–Kier alpha value is -2.06. The van der Waals surface area contributed by atoms with Crippen LogP contribution in [0.2, 0.25) is 0 Å². The first-order chi connectivity index (χ1) is 14.9. The minimum absolute atomic E-state index is 0.217. The molecule has 168 valence electrons. The SMILES string of the molecule is CC(=O)Nc1cc(C(O)CCCCN2CCN(c3ccccc3)CC2)ccc1[S+](C)[O-]. The van der Waals surface area contributed by atoms with E-state index < -0.39 is 17.3 Å². The number of carbonyl (C=O) groups excluding carboxylic acids is 1. The molecule has 1 saturated heterocycles. The zero-order chi connectivity index (χ0) is 22.2. The molecule has 2 aromatic rings. The lowest BCUT2D eigenvalue weighted by molar-refractivity contribution is -0.114. The van der Waals surface area contributed by atoms with Gasteiger partial charge in [0.2, 0.25) is 5.91 Å². The first kappa shape index (κ1) is 23.6. The minimum Gasteiger partial charge on any atom is -0.612 e. The van der Waals surface area contributed by atoms with Crippen LogP contribution < -0.4 is 10.2 Å². The van der Waals surface area contributed by atoms with Crippen LogP contribution in [0.3, 0.4) is 0 Å². The van der Waals surface area contributed by atoms with Gasteiger partial charge < -0.3 is 19.9 Å². The molecule has 2 unspecified atom stereocenters. The molecule has 0 aromatic heterocycles. The molecule has 1 heterocycles. The maximum absolute atomic E-state index is 11.9. The van der Waals surface area contributed by atoms with Crippen molar-refractivity contribution in [3.63, 3.8) is 0 Å². The molecule has 0 aliphatic carbocycles. The summed E-state index contributed by atoms with van der Waals surface area (Å²) in [4.78, 5) is 16.9. The highest BCUT2D eigenvalue weighted by atomic mass is 32.2. The zero-order valence-corrected chi connectivity index (χ0v) is 19.2. The van der Waals surface area contributed by atoms with Gasteiger partial charge in [-0.2, -0.15) is 0 Å². The molecule has 3 rings (SSSR count). The van der Waals surface area contributed by atoms with Crippen molar-refractivity contribution in [2.24, 2.45) is 0 Å². The van der Waals surface area contributed by atoms with Crippen LogP contribution >= 0.6 is 0 Å². The van der Waals surface area contributed by atoms with E-state index in [0.717, 1.165) is 51.1 Å². The first-order valence-electron chi connectivity index (χ1n) is 10.9. The van der Waals surface area contributed by atoms with E-state index in [4.69, 9.17) is 0 Å². The average Bonchev–Trinajstić information content (AvgIpc) is 2.77. The second kappa shape index (κ2) is 11.5. The summed E-state index contributed by atoms with van der Waals surface area (Å²) in [5, 5.41) is 13.3. The van der Waals surface area contributed by atoms with Crippen molar-refractivity contribution in [1.82, 2.24) is 4.90 Å². The fraction of sp³-hybridized carbons (Fsp3) is 0.458. The lowest BCUT2D eigenvalue weighted by Gasteiger charge is -2.36. The smallest absolute Gasteiger partial charge is 0.221 e. The van der Waals surface area contributed by atoms with Gasteiger partial charge in [0.25, 0.3) is 0 Å². The third kappa shape index (κ3) is 6.97. The Kier molecular flexibility index (Phi) is 8.78. The number of para-hydroxylation sites is 1. The molecule has 7 heteroatoms. The summed E-state index contributed by atoms with van der Waals surface area (Å²) in [6, 6.07) is 15.8. The van der Waals surface area contributed by atoms with Crippen molar-refractivity contribution >= 4 is 28.5 Å². The third-order valence-electron chi connectivity index (χ3n) is 5.70. The predicted octanol–water partition coefficient (Wildman–Crippen LogP) is 3.41. The fourth-order valence-electron chi connectivity index (χ4n) is 4.00. The Labute approximate surface area is 188 Å². The van der Waals surface area contributed by atoms with Crippen LogP contribution in [-0.2, 0) is 16.0 Å². The maximum atomic E-state index is 11.9. The molecule has 2 atom stereocenters. The molecular weight excluding hydrogens is 410 g/mol. The number of carbonyl (C=O) groups is 1. The van der Waals surface area contributed by atoms with Crippen LogP contribution in [0.1, 0.15) is 37.9 Å². The van der Waals surface area contributed by atoms with Crippen LogP contribution in [0.5, 0.6) is 0 Å². The van der Waals surface area contributed by atoms with Crippen LogP contribution in [0.15, 0.2) is 53.4 Å². The van der Waals surface area contributed by atoms with Crippen molar-refractivity contribution < 1.29 is 14.5 Å². The number of anilines is 2. The Balaban J connectivity index is 1.42. The Morgan fingerprint density at radius 3 is 2.48 bits per heavy atom. The van der Waals surface area contributed by atoms with Gasteiger partial charge in [0.05, 0.1) is 11.8 Å². The van der Waals surface area contributed by atoms with Gasteiger partial charge in [-0.25, -0.2) is 0 Å². The quantitative estimate of drug-likeness (QED) is 0.459. The molecule has 2 aromatic carbocycles. The predicted molar refractivity (Wildman–Crippen MR) is 127 cm³/mol. The number of nitrogens with one attached hydrogen (secondary N) is 1.